The van der Waals surface area contributed by atoms with Crippen molar-refractivity contribution in [2.45, 2.75) is 6.92 Å². The number of hydrogen-bond acceptors (Lipinski definition) is 4. The molecule has 5 heteroatoms. The molecule has 5 nitrogen and oxygen atoms in total. The summed E-state index contributed by atoms with van der Waals surface area (Å²) in [7, 11) is 0. The van der Waals surface area contributed by atoms with E-state index in [1.165, 1.54) is 18.2 Å². The lowest BCUT2D eigenvalue weighted by Gasteiger charge is -2.08. The largest absolute Gasteiger partial charge is 0.507 e. The van der Waals surface area contributed by atoms with E-state index < -0.39 is 6.09 Å². The Kier molecular flexibility index (Phi) is 5.52. The maximum atomic E-state index is 12.3. The van der Waals surface area contributed by atoms with Gasteiger partial charge in [-0.15, -0.1) is 0 Å². The highest BCUT2D eigenvalue weighted by molar-refractivity contribution is 6.10. The van der Waals surface area contributed by atoms with Crippen LogP contribution in [0.1, 0.15) is 22.8 Å². The third-order valence-electron chi connectivity index (χ3n) is 3.06. The molecule has 0 aliphatic rings. The summed E-state index contributed by atoms with van der Waals surface area (Å²) >= 11 is 0. The van der Waals surface area contributed by atoms with Crippen molar-refractivity contribution in [1.82, 2.24) is 5.32 Å². The average Bonchev–Trinajstić information content (AvgIpc) is 2.55. The van der Waals surface area contributed by atoms with E-state index in [1.807, 2.05) is 6.92 Å². The van der Waals surface area contributed by atoms with Crippen molar-refractivity contribution in [3.63, 3.8) is 0 Å². The van der Waals surface area contributed by atoms with Gasteiger partial charge in [0.25, 0.3) is 0 Å². The smallest absolute Gasteiger partial charge is 0.412 e. The van der Waals surface area contributed by atoms with Crippen LogP contribution in [-0.2, 0) is 0 Å². The summed E-state index contributed by atoms with van der Waals surface area (Å²) in [6, 6.07) is 12.8. The van der Waals surface area contributed by atoms with Crippen LogP contribution in [0.3, 0.4) is 0 Å². The van der Waals surface area contributed by atoms with Crippen LogP contribution in [0.5, 0.6) is 11.5 Å². The lowest BCUT2D eigenvalue weighted by Crippen LogP contribution is -2.26. The second-order valence-corrected chi connectivity index (χ2v) is 4.71. The number of carbonyl (C=O) groups excluding carboxylic acids is 2. The lowest BCUT2D eigenvalue weighted by atomic mass is 10.0. The molecule has 0 heterocycles. The van der Waals surface area contributed by atoms with Crippen LogP contribution in [0.4, 0.5) is 4.79 Å². The van der Waals surface area contributed by atoms with Gasteiger partial charge in [-0.05, 0) is 19.1 Å². The molecule has 0 aromatic heterocycles. The second kappa shape index (κ2) is 7.79. The first-order valence-electron chi connectivity index (χ1n) is 7.11. The molecule has 0 saturated carbocycles. The molecule has 0 saturated heterocycles. The van der Waals surface area contributed by atoms with Gasteiger partial charge >= 0.3 is 6.09 Å². The fraction of sp³-hybridized carbons (Fsp3) is 0.111. The van der Waals surface area contributed by atoms with Crippen LogP contribution in [-0.4, -0.2) is 23.5 Å². The molecule has 2 aromatic carbocycles. The molecule has 0 aliphatic heterocycles. The normalized spacial score (nSPS) is 10.5. The highest BCUT2D eigenvalue weighted by Crippen LogP contribution is 2.25. The van der Waals surface area contributed by atoms with E-state index in [-0.39, 0.29) is 22.8 Å². The van der Waals surface area contributed by atoms with E-state index in [2.05, 4.69) is 5.32 Å². The highest BCUT2D eigenvalue weighted by Gasteiger charge is 2.14. The Labute approximate surface area is 134 Å². The standard InChI is InChI=1S/C18H17NO4/c1-2-3-11-19-18(22)23-14-9-10-15(16(20)12-14)17(21)13-7-5-4-6-8-13/h2-10,12,20H,11H2,1H3,(H,19,22)/b3-2-. The van der Waals surface area contributed by atoms with Crippen LogP contribution < -0.4 is 10.1 Å². The van der Waals surface area contributed by atoms with Gasteiger partial charge in [-0.1, -0.05) is 42.5 Å². The van der Waals surface area contributed by atoms with E-state index in [1.54, 1.807) is 42.5 Å². The Morgan fingerprint density at radius 2 is 1.91 bits per heavy atom. The first-order valence-corrected chi connectivity index (χ1v) is 7.11. The van der Waals surface area contributed by atoms with Gasteiger partial charge in [0.05, 0.1) is 5.56 Å². The summed E-state index contributed by atoms with van der Waals surface area (Å²) in [4.78, 5) is 23.8. The molecule has 2 N–H and O–H groups in total. The summed E-state index contributed by atoms with van der Waals surface area (Å²) in [5.41, 5.74) is 0.624. The zero-order valence-corrected chi connectivity index (χ0v) is 12.7. The Hall–Kier alpha value is -3.08. The van der Waals surface area contributed by atoms with Crippen molar-refractivity contribution in [2.75, 3.05) is 6.54 Å². The molecular formula is C18H17NO4. The van der Waals surface area contributed by atoms with Gasteiger partial charge in [0, 0.05) is 18.2 Å². The number of carbonyl (C=O) groups is 2. The van der Waals surface area contributed by atoms with Crippen molar-refractivity contribution in [2.24, 2.45) is 0 Å². The number of phenolic OH excluding ortho intramolecular Hbond substituents is 1. The van der Waals surface area contributed by atoms with E-state index in [4.69, 9.17) is 4.74 Å². The topological polar surface area (TPSA) is 75.6 Å². The molecule has 0 atom stereocenters. The first-order chi connectivity index (χ1) is 11.1. The summed E-state index contributed by atoms with van der Waals surface area (Å²) in [6.45, 7) is 2.19. The van der Waals surface area contributed by atoms with Gasteiger partial charge in [-0.2, -0.15) is 0 Å². The summed E-state index contributed by atoms with van der Waals surface area (Å²) in [6.07, 6.45) is 2.93. The number of aromatic hydroxyl groups is 1. The maximum absolute atomic E-state index is 12.3. The number of ketones is 1. The predicted octanol–water partition coefficient (Wildman–Crippen LogP) is 3.29. The molecule has 2 rings (SSSR count). The van der Waals surface area contributed by atoms with Gasteiger partial charge in [-0.25, -0.2) is 4.79 Å². The average molecular weight is 311 g/mol. The molecule has 2 aromatic rings. The lowest BCUT2D eigenvalue weighted by molar-refractivity contribution is 0.103. The number of nitrogens with one attached hydrogen (secondary N) is 1. The predicted molar refractivity (Wildman–Crippen MR) is 86.8 cm³/mol. The molecule has 0 unspecified atom stereocenters. The third kappa shape index (κ3) is 4.44. The first kappa shape index (κ1) is 16.3. The fourth-order valence-corrected chi connectivity index (χ4v) is 1.92. The maximum Gasteiger partial charge on any atom is 0.412 e. The molecule has 0 radical (unpaired) electrons. The van der Waals surface area contributed by atoms with Gasteiger partial charge < -0.3 is 15.2 Å². The number of allylic oxidation sites excluding steroid dienone is 1. The van der Waals surface area contributed by atoms with Crippen LogP contribution in [0.2, 0.25) is 0 Å². The monoisotopic (exact) mass is 311 g/mol. The van der Waals surface area contributed by atoms with Crippen molar-refractivity contribution in [3.8, 4) is 11.5 Å². The van der Waals surface area contributed by atoms with Crippen LogP contribution >= 0.6 is 0 Å². The van der Waals surface area contributed by atoms with Crippen molar-refractivity contribution < 1.29 is 19.4 Å². The molecule has 1 amide bonds. The Morgan fingerprint density at radius 1 is 1.17 bits per heavy atom. The molecule has 0 aliphatic carbocycles. The quantitative estimate of drug-likeness (QED) is 0.656. The Bertz CT molecular complexity index is 723. The van der Waals surface area contributed by atoms with Crippen LogP contribution in [0.25, 0.3) is 0 Å². The summed E-state index contributed by atoms with van der Waals surface area (Å²) in [5, 5.41) is 12.5. The van der Waals surface area contributed by atoms with E-state index in [0.717, 1.165) is 0 Å². The Balaban J connectivity index is 2.09. The molecule has 118 valence electrons. The summed E-state index contributed by atoms with van der Waals surface area (Å²) in [5.74, 6) is -0.380. The van der Waals surface area contributed by atoms with E-state index in [0.29, 0.717) is 12.1 Å². The fourth-order valence-electron chi connectivity index (χ4n) is 1.92. The zero-order chi connectivity index (χ0) is 16.7. The van der Waals surface area contributed by atoms with Gasteiger partial charge in [0.15, 0.2) is 5.78 Å². The minimum Gasteiger partial charge on any atom is -0.507 e. The van der Waals surface area contributed by atoms with E-state index in [9.17, 15) is 14.7 Å². The molecular weight excluding hydrogens is 294 g/mol. The van der Waals surface area contributed by atoms with Crippen LogP contribution in [0, 0.1) is 0 Å². The van der Waals surface area contributed by atoms with Gasteiger partial charge in [-0.3, -0.25) is 4.79 Å². The van der Waals surface area contributed by atoms with Crippen molar-refractivity contribution in [3.05, 3.63) is 71.8 Å². The molecule has 0 fully saturated rings. The molecule has 0 spiro atoms. The number of ether oxygens (including phenoxy) is 1. The summed E-state index contributed by atoms with van der Waals surface area (Å²) < 4.78 is 5.03. The number of phenols is 1. The minimum absolute atomic E-state index is 0.151. The van der Waals surface area contributed by atoms with Gasteiger partial charge in [0.2, 0.25) is 0 Å². The van der Waals surface area contributed by atoms with Crippen LogP contribution in [0.15, 0.2) is 60.7 Å². The third-order valence-corrected chi connectivity index (χ3v) is 3.06. The highest BCUT2D eigenvalue weighted by atomic mass is 16.6. The van der Waals surface area contributed by atoms with Crippen molar-refractivity contribution >= 4 is 11.9 Å². The SMILES string of the molecule is C/C=C\CNC(=O)Oc1ccc(C(=O)c2ccccc2)c(O)c1. The number of hydrogen-bond donors (Lipinski definition) is 2. The number of benzene rings is 2. The molecule has 0 bridgehead atoms. The number of amides is 1. The van der Waals surface area contributed by atoms with Gasteiger partial charge in [0.1, 0.15) is 11.5 Å². The number of rotatable bonds is 5. The Morgan fingerprint density at radius 3 is 2.57 bits per heavy atom. The van der Waals surface area contributed by atoms with E-state index >= 15 is 0 Å². The second-order valence-electron chi connectivity index (χ2n) is 4.71. The molecule has 23 heavy (non-hydrogen) atoms. The minimum atomic E-state index is -0.635. The van der Waals surface area contributed by atoms with Crippen molar-refractivity contribution in [1.29, 1.82) is 0 Å². The zero-order valence-electron chi connectivity index (χ0n) is 12.7.